The molecule has 27 heteroatoms. The van der Waals surface area contributed by atoms with Crippen LogP contribution in [0.2, 0.25) is 0 Å². The predicted octanol–water partition coefficient (Wildman–Crippen LogP) is 12.9. The summed E-state index contributed by atoms with van der Waals surface area (Å²) in [5.74, 6) is -12.1. The van der Waals surface area contributed by atoms with Gasteiger partial charge in [0, 0.05) is 0 Å². The van der Waals surface area contributed by atoms with Gasteiger partial charge in [-0.15, -0.1) is 0 Å². The van der Waals surface area contributed by atoms with Crippen LogP contribution < -0.4 is 27.0 Å². The maximum absolute atomic E-state index is 16.4. The smallest absolute Gasteiger partial charge is 0.421 e. The summed E-state index contributed by atoms with van der Waals surface area (Å²) in [6.07, 6.45) is -1.75. The molecule has 0 heterocycles. The molecule has 8 aromatic carbocycles. The summed E-state index contributed by atoms with van der Waals surface area (Å²) in [4.78, 5) is 201. The van der Waals surface area contributed by atoms with E-state index in [-0.39, 0.29) is 28.9 Å². The number of ether oxygens (including phenoxy) is 5. The summed E-state index contributed by atoms with van der Waals surface area (Å²) in [5, 5.41) is 10.3. The van der Waals surface area contributed by atoms with Crippen LogP contribution in [-0.2, 0) is 93.3 Å². The molecule has 0 spiro atoms. The van der Waals surface area contributed by atoms with Crippen LogP contribution in [0.25, 0.3) is 24.3 Å². The molecule has 0 aliphatic rings. The first-order valence-electron chi connectivity index (χ1n) is 37.5. The van der Waals surface area contributed by atoms with Gasteiger partial charge >= 0.3 is 30.3 Å². The fourth-order valence-corrected chi connectivity index (χ4v) is 11.5. The van der Waals surface area contributed by atoms with Crippen molar-refractivity contribution >= 4 is 102 Å². The number of carbonyl (C=O) groups excluding carboxylic acids is 13. The van der Waals surface area contributed by atoms with Crippen molar-refractivity contribution in [1.29, 1.82) is 0 Å². The Balaban J connectivity index is 1.27. The van der Waals surface area contributed by atoms with Crippen molar-refractivity contribution in [2.75, 3.05) is 7.11 Å². The number of nitrogens with one attached hydrogen (secondary N) is 4. The van der Waals surface area contributed by atoms with Gasteiger partial charge < -0.3 is 50.7 Å². The molecule has 8 aromatic rings. The van der Waals surface area contributed by atoms with Crippen molar-refractivity contribution < 1.29 is 86.0 Å². The lowest BCUT2D eigenvalue weighted by Gasteiger charge is -2.34. The molecule has 8 rings (SSSR count). The topological polar surface area (TPSA) is 355 Å². The summed E-state index contributed by atoms with van der Waals surface area (Å²) < 4.78 is 28.2. The number of nitrogens with two attached hydrogens (primary N) is 1. The molecule has 612 valence electrons. The van der Waals surface area contributed by atoms with Gasteiger partial charge in [-0.05, 0) is 137 Å². The van der Waals surface area contributed by atoms with Gasteiger partial charge in [-0.3, -0.25) is 38.4 Å². The van der Waals surface area contributed by atoms with Crippen molar-refractivity contribution in [3.63, 3.8) is 0 Å². The van der Waals surface area contributed by atoms with E-state index in [0.29, 0.717) is 41.9 Å². The number of esters is 1. The molecule has 6 N–H and O–H groups in total. The zero-order valence-corrected chi connectivity index (χ0v) is 67.3. The third-order valence-electron chi connectivity index (χ3n) is 17.6. The minimum absolute atomic E-state index is 0.151. The first kappa shape index (κ1) is 89.3. The van der Waals surface area contributed by atoms with E-state index in [9.17, 15) is 24.0 Å². The van der Waals surface area contributed by atoms with Crippen LogP contribution >= 0.6 is 0 Å². The SMILES string of the molecule is COC(=O)C(C)(C)NC(=O)/C(=C\c1ccccc1)N(C(=O)OCc1ccccc1)C(=O)C(C)(C)NC(=O)/C(=C\c1ccccc1)N(C(=O)OCc1ccccc1)C(=O)[C@H](CC(C)C)NC(=O)/C(=C\c1ccccc1)N(C(=O)OCc1ccccc1)C(=O)C(C)(C)NC(=O)/C(=C\c1ccccc1)N(C(=O)OCc1ccccc1)C(=O)C(C)(C)N. The van der Waals surface area contributed by atoms with Crippen LogP contribution in [0.4, 0.5) is 19.2 Å². The minimum atomic E-state index is -2.43. The van der Waals surface area contributed by atoms with Crippen LogP contribution in [-0.4, -0.2) is 133 Å². The second-order valence-electron chi connectivity index (χ2n) is 29.6. The molecule has 0 aliphatic carbocycles. The predicted molar refractivity (Wildman–Crippen MR) is 440 cm³/mol. The highest BCUT2D eigenvalue weighted by atomic mass is 16.6. The van der Waals surface area contributed by atoms with E-state index in [1.165, 1.54) is 58.0 Å². The van der Waals surface area contributed by atoms with E-state index < -0.39 is 161 Å². The quantitative estimate of drug-likeness (QED) is 0.0153. The number of nitrogens with zero attached hydrogens (tertiary/aromatic N) is 4. The van der Waals surface area contributed by atoms with Gasteiger partial charge in [0.25, 0.3) is 47.3 Å². The third-order valence-corrected chi connectivity index (χ3v) is 17.6. The Morgan fingerprint density at radius 3 is 0.839 bits per heavy atom. The zero-order valence-electron chi connectivity index (χ0n) is 67.3. The number of hydrogen-bond donors (Lipinski definition) is 5. The Morgan fingerprint density at radius 2 is 0.576 bits per heavy atom. The summed E-state index contributed by atoms with van der Waals surface area (Å²) >= 11 is 0. The van der Waals surface area contributed by atoms with E-state index in [0.717, 1.165) is 53.0 Å². The van der Waals surface area contributed by atoms with Crippen molar-refractivity contribution in [2.45, 2.75) is 130 Å². The summed E-state index contributed by atoms with van der Waals surface area (Å²) in [5.41, 5.74) is -2.75. The normalized spacial score (nSPS) is 12.2. The lowest BCUT2D eigenvalue weighted by atomic mass is 9.99. The van der Waals surface area contributed by atoms with Crippen LogP contribution in [0.5, 0.6) is 0 Å². The molecular weight excluding hydrogens is 1510 g/mol. The zero-order chi connectivity index (χ0) is 85.9. The lowest BCUT2D eigenvalue weighted by molar-refractivity contribution is -0.149. The average molecular weight is 1600 g/mol. The van der Waals surface area contributed by atoms with Crippen LogP contribution in [0.15, 0.2) is 265 Å². The standard InChI is InChI=1S/C91H95N9O18/c1-61(2)52-70(93-75(101)71(53-62-36-20-12-21-37-62)99(86(112)117-59-68-48-32-18-33-49-68)81(107)89(5,6)95-77(103)73(55-64-40-24-14-25-41-64)98(80(106)88(3,4)92)85(111)116-58-67-46-30-17-31-47-67)79(105)97(84(110)115-57-66-44-28-16-29-45-66)72(54-63-38-22-13-23-39-63)76(102)94-90(7,8)82(108)100(87(113)118-60-69-50-34-19-35-51-69)74(56-65-42-26-15-27-43-65)78(104)96-91(9,10)83(109)114-11/h12-51,53-56,61,70H,52,57-60,92H2,1-11H3,(H,93,101)(H,94,102)(H,95,103)(H,96,104)/b71-53+,72-54+,73-55+,74-56+/t70-/m0/s1. The lowest BCUT2D eigenvalue weighted by Crippen LogP contribution is -2.61. The number of hydrogen-bond acceptors (Lipinski definition) is 19. The first-order chi connectivity index (χ1) is 56.1. The van der Waals surface area contributed by atoms with Crippen LogP contribution in [0.1, 0.15) is 120 Å². The van der Waals surface area contributed by atoms with E-state index in [4.69, 9.17) is 29.4 Å². The Bertz CT molecular complexity index is 5040. The Morgan fingerprint density at radius 1 is 0.339 bits per heavy atom. The van der Waals surface area contributed by atoms with Gasteiger partial charge in [0.15, 0.2) is 0 Å². The first-order valence-corrected chi connectivity index (χ1v) is 37.5. The second-order valence-corrected chi connectivity index (χ2v) is 29.6. The molecule has 1 atom stereocenters. The number of methoxy groups -OCH3 is 1. The van der Waals surface area contributed by atoms with Gasteiger partial charge in [-0.2, -0.15) is 0 Å². The maximum Gasteiger partial charge on any atom is 0.421 e. The van der Waals surface area contributed by atoms with Crippen LogP contribution in [0, 0.1) is 5.92 Å². The Kier molecular flexibility index (Phi) is 31.2. The van der Waals surface area contributed by atoms with Gasteiger partial charge in [0.1, 0.15) is 71.9 Å². The molecule has 0 aromatic heterocycles. The molecule has 0 saturated heterocycles. The molecule has 0 bridgehead atoms. The maximum atomic E-state index is 16.4. The van der Waals surface area contributed by atoms with E-state index >= 15 is 38.4 Å². The fourth-order valence-electron chi connectivity index (χ4n) is 11.5. The van der Waals surface area contributed by atoms with Gasteiger partial charge in [-0.1, -0.05) is 257 Å². The highest BCUT2D eigenvalue weighted by Gasteiger charge is 2.48. The molecule has 0 aliphatic heterocycles. The van der Waals surface area contributed by atoms with Gasteiger partial charge in [-0.25, -0.2) is 43.6 Å². The van der Waals surface area contributed by atoms with Gasteiger partial charge in [0.05, 0.1) is 12.6 Å². The van der Waals surface area contributed by atoms with Gasteiger partial charge in [0.2, 0.25) is 0 Å². The van der Waals surface area contributed by atoms with E-state index in [2.05, 4.69) is 21.3 Å². The van der Waals surface area contributed by atoms with Crippen molar-refractivity contribution in [3.05, 3.63) is 310 Å². The molecular formula is C91H95N9O18. The average Bonchev–Trinajstić information content (AvgIpc) is 0.794. The number of carbonyl (C=O) groups is 13. The van der Waals surface area contributed by atoms with Crippen molar-refractivity contribution in [2.24, 2.45) is 11.7 Å². The van der Waals surface area contributed by atoms with Crippen LogP contribution in [0.3, 0.4) is 0 Å². The number of imide groups is 4. The molecule has 0 saturated carbocycles. The van der Waals surface area contributed by atoms with Crippen molar-refractivity contribution in [3.8, 4) is 0 Å². The van der Waals surface area contributed by atoms with E-state index in [1.807, 2.05) is 0 Å². The largest absolute Gasteiger partial charge is 0.467 e. The molecule has 118 heavy (non-hydrogen) atoms. The fraction of sp³-hybridized carbons (Fsp3) is 0.242. The van der Waals surface area contributed by atoms with E-state index in [1.54, 1.807) is 232 Å². The summed E-state index contributed by atoms with van der Waals surface area (Å²) in [6.45, 7) is 11.2. The molecule has 0 fully saturated rings. The molecule has 0 unspecified atom stereocenters. The highest BCUT2D eigenvalue weighted by molar-refractivity contribution is 6.16. The Labute approximate surface area is 684 Å². The van der Waals surface area contributed by atoms with Crippen molar-refractivity contribution in [1.82, 2.24) is 40.9 Å². The number of benzene rings is 8. The molecule has 0 radical (unpaired) electrons. The molecule has 27 nitrogen and oxygen atoms in total. The highest BCUT2D eigenvalue weighted by Crippen LogP contribution is 2.29. The summed E-state index contributed by atoms with van der Waals surface area (Å²) in [6, 6.07) is 62.6. The third kappa shape index (κ3) is 25.1. The molecule has 12 amide bonds. The minimum Gasteiger partial charge on any atom is -0.467 e. The Hall–Kier alpha value is -14.2. The number of rotatable bonds is 31. The number of amides is 12. The monoisotopic (exact) mass is 1600 g/mol. The second kappa shape index (κ2) is 41.2. The summed E-state index contributed by atoms with van der Waals surface area (Å²) in [7, 11) is 1.09.